The maximum Gasteiger partial charge on any atom is 0.344 e. The molecule has 0 saturated carbocycles. The molecule has 0 aliphatic rings. The average Bonchev–Trinajstić information content (AvgIpc) is 2.48. The third-order valence-corrected chi connectivity index (χ3v) is 2.81. The molecule has 0 heterocycles. The summed E-state index contributed by atoms with van der Waals surface area (Å²) in [5, 5.41) is 4.24. The van der Waals surface area contributed by atoms with Gasteiger partial charge in [-0.1, -0.05) is 11.6 Å². The summed E-state index contributed by atoms with van der Waals surface area (Å²) in [6.45, 7) is 4.01. The Labute approximate surface area is 144 Å². The van der Waals surface area contributed by atoms with Gasteiger partial charge in [-0.2, -0.15) is 5.10 Å². The van der Waals surface area contributed by atoms with E-state index in [-0.39, 0.29) is 18.3 Å². The molecule has 126 valence electrons. The molecule has 0 aromatic heterocycles. The summed E-state index contributed by atoms with van der Waals surface area (Å²) in [6, 6.07) is 3.17. The average molecular weight is 360 g/mol. The molecule has 9 heteroatoms. The van der Waals surface area contributed by atoms with Crippen LogP contribution in [0.2, 0.25) is 5.02 Å². The van der Waals surface area contributed by atoms with Gasteiger partial charge in [0.25, 0.3) is 0 Å². The Morgan fingerprint density at radius 3 is 2.65 bits per heavy atom. The Morgan fingerprint density at radius 1 is 1.35 bits per heavy atom. The normalized spacial score (nSPS) is 10.4. The van der Waals surface area contributed by atoms with Crippen LogP contribution in [0.4, 0.5) is 0 Å². The van der Waals surface area contributed by atoms with E-state index in [1.807, 2.05) is 6.92 Å². The number of nitrogens with zero attached hydrogens (tertiary/aromatic N) is 1. The number of hydrazone groups is 1. The van der Waals surface area contributed by atoms with Crippen molar-refractivity contribution in [2.24, 2.45) is 10.8 Å². The molecule has 0 aliphatic carbocycles. The van der Waals surface area contributed by atoms with Crippen LogP contribution in [-0.4, -0.2) is 37.1 Å². The maximum atomic E-state index is 11.4. The van der Waals surface area contributed by atoms with Gasteiger partial charge in [-0.25, -0.2) is 4.79 Å². The number of thiocarbonyl (C=S) groups is 1. The van der Waals surface area contributed by atoms with Crippen LogP contribution in [0.15, 0.2) is 17.2 Å². The number of halogens is 1. The Kier molecular flexibility index (Phi) is 8.14. The first-order chi connectivity index (χ1) is 11.0. The molecule has 23 heavy (non-hydrogen) atoms. The molecule has 0 radical (unpaired) electrons. The molecule has 3 N–H and O–H groups in total. The minimum atomic E-state index is -0.475. The number of benzene rings is 1. The second kappa shape index (κ2) is 9.86. The number of hydrogen-bond donors (Lipinski definition) is 2. The van der Waals surface area contributed by atoms with Crippen LogP contribution in [0.25, 0.3) is 0 Å². The lowest BCUT2D eigenvalue weighted by Gasteiger charge is -2.13. The minimum absolute atomic E-state index is 0.0387. The lowest BCUT2D eigenvalue weighted by molar-refractivity contribution is -0.145. The van der Waals surface area contributed by atoms with E-state index in [9.17, 15) is 4.79 Å². The van der Waals surface area contributed by atoms with E-state index in [1.54, 1.807) is 13.0 Å². The zero-order chi connectivity index (χ0) is 17.2. The number of rotatable bonds is 8. The summed E-state index contributed by atoms with van der Waals surface area (Å²) in [5.41, 5.74) is 8.27. The van der Waals surface area contributed by atoms with Crippen molar-refractivity contribution in [3.8, 4) is 11.5 Å². The molecule has 0 bridgehead atoms. The first kappa shape index (κ1) is 19.0. The zero-order valence-corrected chi connectivity index (χ0v) is 14.4. The fourth-order valence-corrected chi connectivity index (χ4v) is 1.79. The quantitative estimate of drug-likeness (QED) is 0.316. The zero-order valence-electron chi connectivity index (χ0n) is 12.8. The van der Waals surface area contributed by atoms with Crippen LogP contribution in [0, 0.1) is 0 Å². The molecule has 7 nitrogen and oxygen atoms in total. The molecule has 0 atom stereocenters. The first-order valence-electron chi connectivity index (χ1n) is 6.81. The van der Waals surface area contributed by atoms with Gasteiger partial charge in [0.2, 0.25) is 0 Å². The third kappa shape index (κ3) is 6.70. The fraction of sp³-hybridized carbons (Fsp3) is 0.357. The number of carbonyl (C=O) groups is 1. The van der Waals surface area contributed by atoms with Crippen LogP contribution in [0.5, 0.6) is 11.5 Å². The van der Waals surface area contributed by atoms with Crippen LogP contribution in [0.1, 0.15) is 19.4 Å². The van der Waals surface area contributed by atoms with Crippen molar-refractivity contribution < 1.29 is 19.0 Å². The predicted octanol–water partition coefficient (Wildman–Crippen LogP) is 1.85. The lowest BCUT2D eigenvalue weighted by atomic mass is 10.2. The summed E-state index contributed by atoms with van der Waals surface area (Å²) in [6.07, 6.45) is 1.44. The summed E-state index contributed by atoms with van der Waals surface area (Å²) in [4.78, 5) is 11.4. The van der Waals surface area contributed by atoms with Crippen LogP contribution in [0.3, 0.4) is 0 Å². The molecule has 0 spiro atoms. The molecule has 0 amide bonds. The first-order valence-corrected chi connectivity index (χ1v) is 7.59. The van der Waals surface area contributed by atoms with Gasteiger partial charge in [-0.15, -0.1) is 0 Å². The maximum absolute atomic E-state index is 11.4. The molecule has 1 aromatic rings. The molecule has 1 rings (SSSR count). The minimum Gasteiger partial charge on any atom is -0.490 e. The van der Waals surface area contributed by atoms with Gasteiger partial charge < -0.3 is 19.9 Å². The summed E-state index contributed by atoms with van der Waals surface area (Å²) < 4.78 is 15.7. The second-order valence-corrected chi connectivity index (χ2v) is 4.93. The van der Waals surface area contributed by atoms with Gasteiger partial charge >= 0.3 is 5.97 Å². The van der Waals surface area contributed by atoms with E-state index in [0.717, 1.165) is 0 Å². The monoisotopic (exact) mass is 359 g/mol. The standard InChI is InChI=1S/C14H18ClN3O4S/c1-3-20-11-5-9(7-17-18-14(16)23)10(15)6-12(11)22-8-13(19)21-4-2/h5-7H,3-4,8H2,1-2H3,(H3,16,18,23). The van der Waals surface area contributed by atoms with Crippen LogP contribution >= 0.6 is 23.8 Å². The summed E-state index contributed by atoms with van der Waals surface area (Å²) in [7, 11) is 0. The number of nitrogens with two attached hydrogens (primary N) is 1. The molecule has 1 aromatic carbocycles. The van der Waals surface area contributed by atoms with Gasteiger partial charge in [0, 0.05) is 11.6 Å². The van der Waals surface area contributed by atoms with Crippen molar-refractivity contribution in [2.45, 2.75) is 13.8 Å². The molecular formula is C14H18ClN3O4S. The highest BCUT2D eigenvalue weighted by molar-refractivity contribution is 7.80. The van der Waals surface area contributed by atoms with Crippen molar-refractivity contribution in [1.82, 2.24) is 5.43 Å². The number of hydrogen-bond acceptors (Lipinski definition) is 6. The highest BCUT2D eigenvalue weighted by Crippen LogP contribution is 2.33. The van der Waals surface area contributed by atoms with E-state index in [1.165, 1.54) is 12.3 Å². The Bertz CT molecular complexity index is 596. The van der Waals surface area contributed by atoms with Gasteiger partial charge in [0.15, 0.2) is 23.2 Å². The Balaban J connectivity index is 2.93. The van der Waals surface area contributed by atoms with Crippen molar-refractivity contribution in [3.63, 3.8) is 0 Å². The van der Waals surface area contributed by atoms with Gasteiger partial charge in [0.1, 0.15) is 0 Å². The Morgan fingerprint density at radius 2 is 2.04 bits per heavy atom. The fourth-order valence-electron chi connectivity index (χ4n) is 1.54. The van der Waals surface area contributed by atoms with E-state index in [2.05, 4.69) is 22.7 Å². The third-order valence-electron chi connectivity index (χ3n) is 2.39. The SMILES string of the molecule is CCOC(=O)COc1cc(Cl)c(C=NNC(N)=S)cc1OCC. The van der Waals surface area contributed by atoms with Crippen molar-refractivity contribution in [3.05, 3.63) is 22.7 Å². The highest BCUT2D eigenvalue weighted by atomic mass is 35.5. The van der Waals surface area contributed by atoms with E-state index < -0.39 is 5.97 Å². The summed E-state index contributed by atoms with van der Waals surface area (Å²) in [5.74, 6) is 0.291. The van der Waals surface area contributed by atoms with Crippen molar-refractivity contribution in [1.29, 1.82) is 0 Å². The topological polar surface area (TPSA) is 95.2 Å². The smallest absolute Gasteiger partial charge is 0.344 e. The largest absolute Gasteiger partial charge is 0.490 e. The van der Waals surface area contributed by atoms with Crippen molar-refractivity contribution in [2.75, 3.05) is 19.8 Å². The van der Waals surface area contributed by atoms with E-state index >= 15 is 0 Å². The van der Waals surface area contributed by atoms with E-state index in [4.69, 9.17) is 31.5 Å². The number of ether oxygens (including phenoxy) is 3. The molecule has 0 unspecified atom stereocenters. The molecular weight excluding hydrogens is 342 g/mol. The van der Waals surface area contributed by atoms with E-state index in [0.29, 0.717) is 28.7 Å². The Hall–Kier alpha value is -2.06. The molecule has 0 aliphatic heterocycles. The van der Waals surface area contributed by atoms with Gasteiger partial charge in [-0.05, 0) is 32.1 Å². The highest BCUT2D eigenvalue weighted by Gasteiger charge is 2.12. The number of esters is 1. The molecule has 0 saturated heterocycles. The lowest BCUT2D eigenvalue weighted by Crippen LogP contribution is -2.24. The van der Waals surface area contributed by atoms with Crippen LogP contribution in [-0.2, 0) is 9.53 Å². The van der Waals surface area contributed by atoms with Gasteiger partial charge in [-0.3, -0.25) is 5.43 Å². The number of carbonyl (C=O) groups excluding carboxylic acids is 1. The summed E-state index contributed by atoms with van der Waals surface area (Å²) >= 11 is 10.8. The predicted molar refractivity (Wildman–Crippen MR) is 92.3 cm³/mol. The second-order valence-electron chi connectivity index (χ2n) is 4.08. The van der Waals surface area contributed by atoms with Gasteiger partial charge in [0.05, 0.1) is 24.5 Å². The number of nitrogens with one attached hydrogen (secondary N) is 1. The molecule has 0 fully saturated rings. The van der Waals surface area contributed by atoms with Crippen LogP contribution < -0.4 is 20.6 Å². The van der Waals surface area contributed by atoms with Crippen molar-refractivity contribution >= 4 is 41.1 Å².